The van der Waals surface area contributed by atoms with Gasteiger partial charge in [-0.3, -0.25) is 9.80 Å². The molecule has 0 saturated carbocycles. The lowest BCUT2D eigenvalue weighted by Gasteiger charge is -2.36. The Morgan fingerprint density at radius 3 is 1.60 bits per heavy atom. The first-order chi connectivity index (χ1) is 27.9. The first kappa shape index (κ1) is 43.7. The molecule has 14 heteroatoms. The number of piperazine rings is 2. The quantitative estimate of drug-likeness (QED) is 0.159. The Bertz CT molecular complexity index is 2040. The fraction of sp³-hybridized carbons (Fsp3) is 0.409. The molecule has 0 radical (unpaired) electrons. The monoisotopic (exact) mass is 834 g/mol. The summed E-state index contributed by atoms with van der Waals surface area (Å²) in [6, 6.07) is 22.4. The second-order valence-corrected chi connectivity index (χ2v) is 16.2. The topological polar surface area (TPSA) is 76.4 Å². The Morgan fingerprint density at radius 1 is 0.569 bits per heavy atom. The van der Waals surface area contributed by atoms with Gasteiger partial charge in [-0.05, 0) is 67.1 Å². The minimum absolute atomic E-state index is 0. The highest BCUT2D eigenvalue weighted by Gasteiger charge is 2.27. The Hall–Kier alpha value is -3.89. The lowest BCUT2D eigenvalue weighted by Crippen LogP contribution is -2.49. The maximum atomic E-state index is 14.1. The molecule has 2 saturated heterocycles. The van der Waals surface area contributed by atoms with Gasteiger partial charge in [0.2, 0.25) is 0 Å². The van der Waals surface area contributed by atoms with Crippen LogP contribution in [0.3, 0.4) is 0 Å². The predicted molar refractivity (Wildman–Crippen MR) is 228 cm³/mol. The summed E-state index contributed by atoms with van der Waals surface area (Å²) < 4.78 is 52.5. The molecular formula is C44H53F3N6O3S2. The summed E-state index contributed by atoms with van der Waals surface area (Å²) in [5, 5.41) is 8.79. The van der Waals surface area contributed by atoms with Crippen LogP contribution in [0.2, 0.25) is 0 Å². The van der Waals surface area contributed by atoms with E-state index in [1.807, 2.05) is 12.1 Å². The number of nitrogens with zero attached hydrogens (tertiary/aromatic N) is 6. The summed E-state index contributed by atoms with van der Waals surface area (Å²) >= 11 is 3.01. The maximum absolute atomic E-state index is 14.1. The van der Waals surface area contributed by atoms with Crippen molar-refractivity contribution in [2.24, 2.45) is 9.98 Å². The zero-order chi connectivity index (χ0) is 39.6. The van der Waals surface area contributed by atoms with Crippen molar-refractivity contribution < 1.29 is 27.8 Å². The van der Waals surface area contributed by atoms with Crippen LogP contribution < -0.4 is 0 Å². The van der Waals surface area contributed by atoms with Gasteiger partial charge in [0.1, 0.15) is 29.1 Å². The van der Waals surface area contributed by atoms with E-state index in [1.165, 1.54) is 42.1 Å². The molecule has 9 nitrogen and oxygen atoms in total. The van der Waals surface area contributed by atoms with E-state index in [1.54, 1.807) is 36.0 Å². The summed E-state index contributed by atoms with van der Waals surface area (Å²) in [7, 11) is 0. The summed E-state index contributed by atoms with van der Waals surface area (Å²) in [4.78, 5) is 22.7. The maximum Gasteiger partial charge on any atom is 0.137 e. The van der Waals surface area contributed by atoms with Crippen molar-refractivity contribution in [2.75, 3.05) is 98.5 Å². The molecule has 0 spiro atoms. The molecule has 2 fully saturated rings. The summed E-state index contributed by atoms with van der Waals surface area (Å²) in [6.07, 6.45) is 1.03. The zero-order valence-corrected chi connectivity index (χ0v) is 33.8. The van der Waals surface area contributed by atoms with E-state index in [2.05, 4.69) is 38.7 Å². The van der Waals surface area contributed by atoms with Crippen LogP contribution in [0, 0.1) is 17.5 Å². The number of fused-ring (bicyclic) bond motifs is 4. The van der Waals surface area contributed by atoms with Gasteiger partial charge in [0.25, 0.3) is 0 Å². The van der Waals surface area contributed by atoms with E-state index in [4.69, 9.17) is 24.6 Å². The zero-order valence-electron chi connectivity index (χ0n) is 32.2. The van der Waals surface area contributed by atoms with Crippen molar-refractivity contribution in [1.29, 1.82) is 0 Å². The summed E-state index contributed by atoms with van der Waals surface area (Å²) in [5.74, 6) is 0.904. The molecule has 4 aliphatic heterocycles. The van der Waals surface area contributed by atoms with E-state index in [-0.39, 0.29) is 31.5 Å². The fourth-order valence-electron chi connectivity index (χ4n) is 7.07. The number of aliphatic hydroxyl groups excluding tert-OH is 1. The number of hydrogen-bond acceptors (Lipinski definition) is 11. The number of halogens is 3. The Morgan fingerprint density at radius 2 is 1.05 bits per heavy atom. The molecule has 58 heavy (non-hydrogen) atoms. The van der Waals surface area contributed by atoms with Crippen LogP contribution >= 0.6 is 23.5 Å². The van der Waals surface area contributed by atoms with Crippen LogP contribution in [0.25, 0.3) is 0 Å². The minimum Gasteiger partial charge on any atom is -0.394 e. The number of hydrogen-bond donors (Lipinski definition) is 1. The number of benzene rings is 4. The second-order valence-electron chi connectivity index (χ2n) is 14.0. The highest BCUT2D eigenvalue weighted by molar-refractivity contribution is 7.99. The van der Waals surface area contributed by atoms with Gasteiger partial charge in [-0.1, -0.05) is 56.1 Å². The third-order valence-corrected chi connectivity index (χ3v) is 12.3. The SMILES string of the molecule is C.CCCOCCN1CCN(C2=Nc3ccc(F)cc3Sc3ccc(F)cc32)CC1.OCCOCCN1CCN(C2=Nc3ccc(F)cc3Sc3ccccc32)CC1. The predicted octanol–water partition coefficient (Wildman–Crippen LogP) is 8.18. The van der Waals surface area contributed by atoms with Crippen LogP contribution in [0.5, 0.6) is 0 Å². The standard InChI is InChI=1S/C22H25F2N3OS.C21H24FN3O2S.CH4/c1-2-12-28-13-11-26-7-9-27(10-8-26)22-18-14-16(23)4-6-20(18)29-21-15-17(24)3-5-19(21)25-22;22-16-5-6-18-20(15-16)28-19-4-2-1-3-17(19)21(23-18)25-9-7-24(8-10-25)11-13-27-14-12-26;/h3-6,14-15H,2,7-13H2,1H3;1-6,15,26H,7-14H2;1H4. The van der Waals surface area contributed by atoms with Crippen molar-refractivity contribution in [2.45, 2.75) is 40.4 Å². The third kappa shape index (κ3) is 11.2. The number of rotatable bonds is 10. The summed E-state index contributed by atoms with van der Waals surface area (Å²) in [6.45, 7) is 13.6. The first-order valence-corrected chi connectivity index (χ1v) is 21.2. The molecule has 0 aromatic heterocycles. The molecule has 0 atom stereocenters. The van der Waals surface area contributed by atoms with Crippen LogP contribution in [0.4, 0.5) is 24.5 Å². The van der Waals surface area contributed by atoms with E-state index in [0.29, 0.717) is 13.2 Å². The van der Waals surface area contributed by atoms with Gasteiger partial charge in [-0.25, -0.2) is 23.2 Å². The lowest BCUT2D eigenvalue weighted by molar-refractivity contribution is 0.0652. The van der Waals surface area contributed by atoms with Gasteiger partial charge in [-0.2, -0.15) is 0 Å². The van der Waals surface area contributed by atoms with Crippen molar-refractivity contribution >= 4 is 46.6 Å². The lowest BCUT2D eigenvalue weighted by atomic mass is 10.1. The summed E-state index contributed by atoms with van der Waals surface area (Å²) in [5.41, 5.74) is 3.41. The fourth-order valence-corrected chi connectivity index (χ4v) is 9.13. The van der Waals surface area contributed by atoms with E-state index >= 15 is 0 Å². The molecule has 0 bridgehead atoms. The van der Waals surface area contributed by atoms with Gasteiger partial charge in [0.15, 0.2) is 0 Å². The van der Waals surface area contributed by atoms with Crippen molar-refractivity contribution in [1.82, 2.24) is 19.6 Å². The number of ether oxygens (including phenoxy) is 2. The van der Waals surface area contributed by atoms with E-state index in [9.17, 15) is 13.2 Å². The molecular weight excluding hydrogens is 782 g/mol. The van der Waals surface area contributed by atoms with E-state index < -0.39 is 0 Å². The highest BCUT2D eigenvalue weighted by atomic mass is 32.2. The Kier molecular flexibility index (Phi) is 16.1. The van der Waals surface area contributed by atoms with Crippen molar-refractivity contribution in [3.8, 4) is 0 Å². The largest absolute Gasteiger partial charge is 0.394 e. The highest BCUT2D eigenvalue weighted by Crippen LogP contribution is 2.42. The molecule has 310 valence electrons. The van der Waals surface area contributed by atoms with Gasteiger partial charge in [0, 0.05) is 103 Å². The minimum atomic E-state index is -0.294. The molecule has 0 amide bonds. The number of aliphatic imine (C=N–C) groups is 2. The van der Waals surface area contributed by atoms with Crippen LogP contribution in [0.15, 0.2) is 108 Å². The number of amidine groups is 2. The molecule has 1 N–H and O–H groups in total. The van der Waals surface area contributed by atoms with Crippen LogP contribution in [-0.4, -0.2) is 135 Å². The van der Waals surface area contributed by atoms with Gasteiger partial charge in [-0.15, -0.1) is 0 Å². The number of aliphatic hydroxyl groups is 1. The first-order valence-electron chi connectivity index (χ1n) is 19.6. The Labute approximate surface area is 348 Å². The molecule has 0 aliphatic carbocycles. The van der Waals surface area contributed by atoms with Crippen LogP contribution in [-0.2, 0) is 9.47 Å². The van der Waals surface area contributed by atoms with Gasteiger partial charge < -0.3 is 24.4 Å². The molecule has 8 rings (SSSR count). The molecule has 4 aromatic rings. The normalized spacial score (nSPS) is 16.6. The smallest absolute Gasteiger partial charge is 0.137 e. The average Bonchev–Trinajstić information content (AvgIpc) is 3.49. The second kappa shape index (κ2) is 21.4. The molecule has 4 aromatic carbocycles. The Balaban J connectivity index is 0.000000192. The van der Waals surface area contributed by atoms with Crippen molar-refractivity contribution in [3.63, 3.8) is 0 Å². The van der Waals surface area contributed by atoms with Crippen molar-refractivity contribution in [3.05, 3.63) is 107 Å². The average molecular weight is 835 g/mol. The molecule has 4 heterocycles. The van der Waals surface area contributed by atoms with Crippen LogP contribution in [0.1, 0.15) is 31.9 Å². The third-order valence-electron chi connectivity index (χ3n) is 10.1. The van der Waals surface area contributed by atoms with Gasteiger partial charge in [0.05, 0.1) is 37.8 Å². The molecule has 0 unspecified atom stereocenters. The molecule has 4 aliphatic rings. The van der Waals surface area contributed by atoms with Gasteiger partial charge >= 0.3 is 0 Å². The van der Waals surface area contributed by atoms with E-state index in [0.717, 1.165) is 139 Å².